The van der Waals surface area contributed by atoms with Crippen molar-refractivity contribution in [2.45, 2.75) is 52.6 Å². The van der Waals surface area contributed by atoms with Crippen LogP contribution in [0, 0.1) is 0 Å². The van der Waals surface area contributed by atoms with Gasteiger partial charge in [-0.3, -0.25) is 23.6 Å². The summed E-state index contributed by atoms with van der Waals surface area (Å²) in [5, 5.41) is 5.61. The number of amides is 1. The van der Waals surface area contributed by atoms with Crippen molar-refractivity contribution in [2.75, 3.05) is 18.4 Å². The Labute approximate surface area is 189 Å². The number of rotatable bonds is 6. The molecule has 0 bridgehead atoms. The maximum absolute atomic E-state index is 12.8. The molecule has 1 saturated heterocycles. The summed E-state index contributed by atoms with van der Waals surface area (Å²) in [4.78, 5) is 44.9. The zero-order valence-electron chi connectivity index (χ0n) is 18.4. The number of carbonyl (C=O) groups excluding carboxylic acids is 1. The zero-order chi connectivity index (χ0) is 22.8. The maximum Gasteiger partial charge on any atom is 0.331 e. The van der Waals surface area contributed by atoms with Crippen molar-refractivity contribution < 1.29 is 9.53 Å². The molecule has 1 aliphatic rings. The van der Waals surface area contributed by atoms with Crippen LogP contribution < -0.4 is 16.6 Å². The summed E-state index contributed by atoms with van der Waals surface area (Å²) in [5.41, 5.74) is 0.481. The van der Waals surface area contributed by atoms with Crippen LogP contribution in [0.2, 0.25) is 0 Å². The lowest BCUT2D eigenvalue weighted by atomic mass is 10.2. The van der Waals surface area contributed by atoms with Gasteiger partial charge in [0, 0.05) is 31.6 Å². The summed E-state index contributed by atoms with van der Waals surface area (Å²) in [6.45, 7) is 8.25. The first-order valence-corrected chi connectivity index (χ1v) is 11.6. The molecule has 10 heteroatoms. The smallest absolute Gasteiger partial charge is 0.331 e. The Hall–Kier alpha value is -2.82. The van der Waals surface area contributed by atoms with Gasteiger partial charge < -0.3 is 10.1 Å². The summed E-state index contributed by atoms with van der Waals surface area (Å²) >= 11 is 1.35. The number of hydrogen-bond donors (Lipinski definition) is 1. The van der Waals surface area contributed by atoms with E-state index in [4.69, 9.17) is 4.74 Å². The lowest BCUT2D eigenvalue weighted by molar-refractivity contribution is -0.116. The number of thiazole rings is 1. The Balaban J connectivity index is 1.49. The van der Waals surface area contributed by atoms with Crippen molar-refractivity contribution in [3.8, 4) is 0 Å². The van der Waals surface area contributed by atoms with E-state index in [0.29, 0.717) is 22.6 Å². The van der Waals surface area contributed by atoms with Crippen LogP contribution in [0.25, 0.3) is 10.9 Å². The standard InChI is InChI=1S/C22H27N5O4S/c1-4-26-20(29)17-7-5-6-8-18(17)27(22(26)30)12-19(28)24-21-23-16(13-32-21)11-25-9-14(2)31-15(3)10-25/h5-8,13-15H,4,9-12H2,1-3H3,(H,23,24,28)/t14-,15-/m1/s1. The second-order valence-electron chi connectivity index (χ2n) is 8.08. The fourth-order valence-electron chi connectivity index (χ4n) is 4.18. The van der Waals surface area contributed by atoms with Gasteiger partial charge in [0.1, 0.15) is 6.54 Å². The van der Waals surface area contributed by atoms with Gasteiger partial charge in [0.2, 0.25) is 5.91 Å². The molecule has 9 nitrogen and oxygen atoms in total. The number of aromatic nitrogens is 3. The van der Waals surface area contributed by atoms with E-state index in [2.05, 4.69) is 29.0 Å². The molecule has 0 aliphatic carbocycles. The van der Waals surface area contributed by atoms with E-state index >= 15 is 0 Å². The number of fused-ring (bicyclic) bond motifs is 1. The third-order valence-corrected chi connectivity index (χ3v) is 6.24. The molecule has 1 aliphatic heterocycles. The van der Waals surface area contributed by atoms with Crippen molar-refractivity contribution in [2.24, 2.45) is 0 Å². The van der Waals surface area contributed by atoms with Crippen LogP contribution in [-0.2, 0) is 29.2 Å². The molecule has 3 heterocycles. The summed E-state index contributed by atoms with van der Waals surface area (Å²) in [5.74, 6) is -0.368. The summed E-state index contributed by atoms with van der Waals surface area (Å²) in [7, 11) is 0. The molecule has 2 aromatic heterocycles. The molecule has 1 amide bonds. The minimum Gasteiger partial charge on any atom is -0.373 e. The molecule has 3 aromatic rings. The Morgan fingerprint density at radius 3 is 2.62 bits per heavy atom. The molecule has 0 unspecified atom stereocenters. The van der Waals surface area contributed by atoms with Crippen LogP contribution in [0.5, 0.6) is 0 Å². The molecule has 0 radical (unpaired) electrons. The Kier molecular flexibility index (Phi) is 6.54. The van der Waals surface area contributed by atoms with Crippen LogP contribution in [0.1, 0.15) is 26.5 Å². The van der Waals surface area contributed by atoms with Crippen molar-refractivity contribution in [1.82, 2.24) is 19.0 Å². The van der Waals surface area contributed by atoms with Crippen LogP contribution in [0.3, 0.4) is 0 Å². The molecule has 32 heavy (non-hydrogen) atoms. The Morgan fingerprint density at radius 2 is 1.91 bits per heavy atom. The van der Waals surface area contributed by atoms with E-state index in [9.17, 15) is 14.4 Å². The SMILES string of the molecule is CCn1c(=O)c2ccccc2n(CC(=O)Nc2nc(CN3C[C@@H](C)O[C@H](C)C3)cs2)c1=O. The predicted molar refractivity (Wildman–Crippen MR) is 124 cm³/mol. The van der Waals surface area contributed by atoms with Gasteiger partial charge in [-0.15, -0.1) is 11.3 Å². The monoisotopic (exact) mass is 457 g/mol. The normalized spacial score (nSPS) is 19.3. The first kappa shape index (κ1) is 22.4. The first-order valence-electron chi connectivity index (χ1n) is 10.7. The molecule has 1 fully saturated rings. The van der Waals surface area contributed by atoms with Gasteiger partial charge in [0.05, 0.1) is 28.8 Å². The van der Waals surface area contributed by atoms with Gasteiger partial charge in [-0.05, 0) is 32.9 Å². The zero-order valence-corrected chi connectivity index (χ0v) is 19.2. The topological polar surface area (TPSA) is 98.5 Å². The average molecular weight is 458 g/mol. The third-order valence-electron chi connectivity index (χ3n) is 5.43. The highest BCUT2D eigenvalue weighted by Gasteiger charge is 2.23. The predicted octanol–water partition coefficient (Wildman–Crippen LogP) is 1.89. The van der Waals surface area contributed by atoms with Crippen molar-refractivity contribution in [1.29, 1.82) is 0 Å². The Morgan fingerprint density at radius 1 is 1.19 bits per heavy atom. The number of anilines is 1. The molecular formula is C22H27N5O4S. The van der Waals surface area contributed by atoms with Gasteiger partial charge in [0.15, 0.2) is 5.13 Å². The highest BCUT2D eigenvalue weighted by molar-refractivity contribution is 7.13. The molecule has 0 saturated carbocycles. The quantitative estimate of drug-likeness (QED) is 0.607. The highest BCUT2D eigenvalue weighted by Crippen LogP contribution is 2.19. The first-order chi connectivity index (χ1) is 15.4. The third kappa shape index (κ3) is 4.67. The van der Waals surface area contributed by atoms with Gasteiger partial charge >= 0.3 is 5.69 Å². The fraction of sp³-hybridized carbons (Fsp3) is 0.455. The van der Waals surface area contributed by atoms with Gasteiger partial charge in [-0.25, -0.2) is 9.78 Å². The second kappa shape index (κ2) is 9.35. The Bertz CT molecular complexity index is 1240. The number of morpholine rings is 1. The van der Waals surface area contributed by atoms with E-state index in [1.54, 1.807) is 31.2 Å². The van der Waals surface area contributed by atoms with Gasteiger partial charge in [-0.2, -0.15) is 0 Å². The molecule has 2 atom stereocenters. The summed E-state index contributed by atoms with van der Waals surface area (Å²) in [6.07, 6.45) is 0.354. The van der Waals surface area contributed by atoms with Crippen LogP contribution in [0.4, 0.5) is 5.13 Å². The fourth-order valence-corrected chi connectivity index (χ4v) is 4.90. The number of para-hydroxylation sites is 1. The van der Waals surface area contributed by atoms with Crippen LogP contribution in [-0.4, -0.2) is 50.2 Å². The van der Waals surface area contributed by atoms with E-state index < -0.39 is 5.69 Å². The van der Waals surface area contributed by atoms with Gasteiger partial charge in [-0.1, -0.05) is 12.1 Å². The molecule has 4 rings (SSSR count). The second-order valence-corrected chi connectivity index (χ2v) is 8.94. The largest absolute Gasteiger partial charge is 0.373 e. The number of ether oxygens (including phenoxy) is 1. The molecule has 0 spiro atoms. The lowest BCUT2D eigenvalue weighted by Crippen LogP contribution is -2.44. The van der Waals surface area contributed by atoms with Crippen LogP contribution >= 0.6 is 11.3 Å². The van der Waals surface area contributed by atoms with E-state index in [1.165, 1.54) is 15.9 Å². The maximum atomic E-state index is 12.8. The minimum atomic E-state index is -0.498. The number of carbonyl (C=O) groups is 1. The van der Waals surface area contributed by atoms with Crippen molar-refractivity contribution >= 4 is 33.3 Å². The summed E-state index contributed by atoms with van der Waals surface area (Å²) < 4.78 is 8.24. The molecule has 1 aromatic carbocycles. The van der Waals surface area contributed by atoms with Crippen LogP contribution in [0.15, 0.2) is 39.2 Å². The van der Waals surface area contributed by atoms with Crippen molar-refractivity contribution in [3.63, 3.8) is 0 Å². The van der Waals surface area contributed by atoms with E-state index in [-0.39, 0.29) is 36.8 Å². The van der Waals surface area contributed by atoms with Crippen molar-refractivity contribution in [3.05, 3.63) is 56.2 Å². The van der Waals surface area contributed by atoms with E-state index in [1.807, 2.05) is 5.38 Å². The number of nitrogens with zero attached hydrogens (tertiary/aromatic N) is 4. The highest BCUT2D eigenvalue weighted by atomic mass is 32.1. The molecule has 1 N–H and O–H groups in total. The minimum absolute atomic E-state index is 0.177. The summed E-state index contributed by atoms with van der Waals surface area (Å²) in [6, 6.07) is 6.83. The molecule has 170 valence electrons. The number of hydrogen-bond acceptors (Lipinski definition) is 7. The number of benzene rings is 1. The lowest BCUT2D eigenvalue weighted by Gasteiger charge is -2.34. The van der Waals surface area contributed by atoms with E-state index in [0.717, 1.165) is 23.4 Å². The van der Waals surface area contributed by atoms with Gasteiger partial charge in [0.25, 0.3) is 5.56 Å². The average Bonchev–Trinajstić information content (AvgIpc) is 3.17. The molecular weight excluding hydrogens is 430 g/mol. The number of nitrogens with one attached hydrogen (secondary N) is 1.